The van der Waals surface area contributed by atoms with Crippen molar-refractivity contribution < 1.29 is 14.2 Å². The normalized spacial score (nSPS) is 16.6. The molecular formula is C17H16BrClO3. The molecule has 5 heteroatoms. The Hall–Kier alpha value is -1.07. The zero-order valence-electron chi connectivity index (χ0n) is 11.9. The molecule has 22 heavy (non-hydrogen) atoms. The van der Waals surface area contributed by atoms with Gasteiger partial charge in [0.25, 0.3) is 0 Å². The van der Waals surface area contributed by atoms with E-state index < -0.39 is 5.79 Å². The second kappa shape index (κ2) is 7.01. The van der Waals surface area contributed by atoms with Crippen molar-refractivity contribution in [2.75, 3.05) is 18.5 Å². The van der Waals surface area contributed by atoms with Crippen LogP contribution in [-0.2, 0) is 21.9 Å². The average molecular weight is 384 g/mol. The molecule has 3 rings (SSSR count). The van der Waals surface area contributed by atoms with Crippen molar-refractivity contribution in [3.63, 3.8) is 0 Å². The van der Waals surface area contributed by atoms with E-state index in [0.717, 1.165) is 16.9 Å². The molecule has 2 aromatic rings. The highest BCUT2D eigenvalue weighted by Crippen LogP contribution is 2.34. The molecule has 0 saturated carbocycles. The zero-order chi connectivity index (χ0) is 15.4. The third kappa shape index (κ3) is 3.30. The summed E-state index contributed by atoms with van der Waals surface area (Å²) in [6.45, 7) is 1.66. The Morgan fingerprint density at radius 1 is 1.05 bits per heavy atom. The van der Waals surface area contributed by atoms with E-state index in [9.17, 15) is 0 Å². The van der Waals surface area contributed by atoms with Gasteiger partial charge in [0.15, 0.2) is 0 Å². The first-order valence-electron chi connectivity index (χ1n) is 7.04. The van der Waals surface area contributed by atoms with Crippen molar-refractivity contribution >= 4 is 27.5 Å². The molecule has 0 aromatic heterocycles. The van der Waals surface area contributed by atoms with E-state index in [2.05, 4.69) is 15.9 Å². The van der Waals surface area contributed by atoms with Crippen LogP contribution in [0.2, 0.25) is 5.02 Å². The number of benzene rings is 2. The van der Waals surface area contributed by atoms with Gasteiger partial charge in [-0.3, -0.25) is 0 Å². The number of alkyl halides is 1. The van der Waals surface area contributed by atoms with Crippen molar-refractivity contribution in [2.24, 2.45) is 0 Å². The highest BCUT2D eigenvalue weighted by atomic mass is 79.9. The average Bonchev–Trinajstić information content (AvgIpc) is 3.05. The molecule has 1 saturated heterocycles. The first kappa shape index (κ1) is 15.8. The quantitative estimate of drug-likeness (QED) is 0.711. The molecular weight excluding hydrogens is 368 g/mol. The second-order valence-corrected chi connectivity index (χ2v) is 5.96. The van der Waals surface area contributed by atoms with Crippen molar-refractivity contribution in [3.05, 3.63) is 64.7 Å². The summed E-state index contributed by atoms with van der Waals surface area (Å²) in [5.74, 6) is 0.104. The van der Waals surface area contributed by atoms with Crippen molar-refractivity contribution in [1.29, 1.82) is 0 Å². The summed E-state index contributed by atoms with van der Waals surface area (Å²) in [6.07, 6.45) is 0. The van der Waals surface area contributed by atoms with Gasteiger partial charge >= 0.3 is 0 Å². The number of ether oxygens (including phenoxy) is 3. The molecule has 0 radical (unpaired) electrons. The van der Waals surface area contributed by atoms with Gasteiger partial charge in [0.2, 0.25) is 5.79 Å². The highest BCUT2D eigenvalue weighted by molar-refractivity contribution is 9.09. The monoisotopic (exact) mass is 382 g/mol. The predicted octanol–water partition coefficient (Wildman–Crippen LogP) is 4.51. The van der Waals surface area contributed by atoms with Gasteiger partial charge in [-0.15, -0.1) is 0 Å². The van der Waals surface area contributed by atoms with E-state index in [1.54, 1.807) is 0 Å². The van der Waals surface area contributed by atoms with Crippen molar-refractivity contribution in [3.8, 4) is 5.75 Å². The molecule has 0 spiro atoms. The van der Waals surface area contributed by atoms with Crippen LogP contribution in [0.4, 0.5) is 0 Å². The number of hydrogen-bond acceptors (Lipinski definition) is 3. The summed E-state index contributed by atoms with van der Waals surface area (Å²) in [6, 6.07) is 15.4. The SMILES string of the molecule is Clc1ccccc1COc1ccc(C2(CBr)OCCO2)cc1. The first-order valence-corrected chi connectivity index (χ1v) is 8.54. The van der Waals surface area contributed by atoms with Crippen LogP contribution in [0.25, 0.3) is 0 Å². The summed E-state index contributed by atoms with van der Waals surface area (Å²) in [5.41, 5.74) is 1.94. The molecule has 2 aromatic carbocycles. The molecule has 0 amide bonds. The van der Waals surface area contributed by atoms with Gasteiger partial charge in [-0.1, -0.05) is 45.7 Å². The van der Waals surface area contributed by atoms with E-state index in [1.165, 1.54) is 0 Å². The topological polar surface area (TPSA) is 27.7 Å². The summed E-state index contributed by atoms with van der Waals surface area (Å²) in [5, 5.41) is 1.31. The molecule has 0 unspecified atom stereocenters. The Morgan fingerprint density at radius 2 is 1.73 bits per heavy atom. The van der Waals surface area contributed by atoms with Gasteiger partial charge in [-0.05, 0) is 30.3 Å². The lowest BCUT2D eigenvalue weighted by molar-refractivity contribution is -0.144. The molecule has 3 nitrogen and oxygen atoms in total. The Labute approximate surface area is 143 Å². The van der Waals surface area contributed by atoms with E-state index in [1.807, 2.05) is 48.5 Å². The predicted molar refractivity (Wildman–Crippen MR) is 89.6 cm³/mol. The lowest BCUT2D eigenvalue weighted by atomic mass is 10.1. The van der Waals surface area contributed by atoms with Crippen molar-refractivity contribution in [1.82, 2.24) is 0 Å². The van der Waals surface area contributed by atoms with Crippen LogP contribution in [-0.4, -0.2) is 18.5 Å². The van der Waals surface area contributed by atoms with Gasteiger partial charge in [0.1, 0.15) is 12.4 Å². The smallest absolute Gasteiger partial charge is 0.204 e. The summed E-state index contributed by atoms with van der Waals surface area (Å²) >= 11 is 9.58. The molecule has 0 N–H and O–H groups in total. The van der Waals surface area contributed by atoms with Gasteiger partial charge in [-0.25, -0.2) is 0 Å². The molecule has 1 heterocycles. The van der Waals surface area contributed by atoms with Crippen LogP contribution >= 0.6 is 27.5 Å². The highest BCUT2D eigenvalue weighted by Gasteiger charge is 2.37. The Kier molecular flexibility index (Phi) is 5.03. The minimum atomic E-state index is -0.679. The summed E-state index contributed by atoms with van der Waals surface area (Å²) in [4.78, 5) is 0. The minimum Gasteiger partial charge on any atom is -0.489 e. The standard InChI is InChI=1S/C17H16BrClO3/c18-12-17(21-9-10-22-17)14-5-7-15(8-6-14)20-11-13-3-1-2-4-16(13)19/h1-8H,9-12H2. The largest absolute Gasteiger partial charge is 0.489 e. The number of rotatable bonds is 5. The fourth-order valence-corrected chi connectivity index (χ4v) is 3.20. The van der Waals surface area contributed by atoms with Crippen LogP contribution in [0.15, 0.2) is 48.5 Å². The van der Waals surface area contributed by atoms with Gasteiger partial charge in [0, 0.05) is 16.1 Å². The van der Waals surface area contributed by atoms with Crippen molar-refractivity contribution in [2.45, 2.75) is 12.4 Å². The molecule has 0 atom stereocenters. The van der Waals surface area contributed by atoms with E-state index in [-0.39, 0.29) is 0 Å². The lowest BCUT2D eigenvalue weighted by Gasteiger charge is -2.25. The molecule has 0 bridgehead atoms. The summed E-state index contributed by atoms with van der Waals surface area (Å²) in [7, 11) is 0. The molecule has 0 aliphatic carbocycles. The second-order valence-electron chi connectivity index (χ2n) is 4.99. The molecule has 116 valence electrons. The van der Waals surface area contributed by atoms with Crippen LogP contribution in [0, 0.1) is 0 Å². The molecule has 1 fully saturated rings. The Morgan fingerprint density at radius 3 is 2.36 bits per heavy atom. The van der Waals surface area contributed by atoms with E-state index >= 15 is 0 Å². The van der Waals surface area contributed by atoms with Gasteiger partial charge in [0.05, 0.1) is 18.5 Å². The van der Waals surface area contributed by atoms with Crippen LogP contribution in [0.1, 0.15) is 11.1 Å². The van der Waals surface area contributed by atoms with Crippen LogP contribution in [0.5, 0.6) is 5.75 Å². The lowest BCUT2D eigenvalue weighted by Crippen LogP contribution is -2.28. The maximum atomic E-state index is 6.12. The number of halogens is 2. The minimum absolute atomic E-state index is 0.440. The number of hydrogen-bond donors (Lipinski definition) is 0. The fraction of sp³-hybridized carbons (Fsp3) is 0.294. The first-order chi connectivity index (χ1) is 10.7. The van der Waals surface area contributed by atoms with Crippen LogP contribution in [0.3, 0.4) is 0 Å². The van der Waals surface area contributed by atoms with Gasteiger partial charge in [-0.2, -0.15) is 0 Å². The fourth-order valence-electron chi connectivity index (χ4n) is 2.36. The van der Waals surface area contributed by atoms with Gasteiger partial charge < -0.3 is 14.2 Å². The van der Waals surface area contributed by atoms with Crippen LogP contribution < -0.4 is 4.74 Å². The van der Waals surface area contributed by atoms with E-state index in [0.29, 0.717) is 30.2 Å². The maximum absolute atomic E-state index is 6.12. The third-order valence-electron chi connectivity index (χ3n) is 3.58. The maximum Gasteiger partial charge on any atom is 0.204 e. The molecule has 1 aliphatic heterocycles. The Balaban J connectivity index is 1.68. The summed E-state index contributed by atoms with van der Waals surface area (Å²) < 4.78 is 17.2. The van der Waals surface area contributed by atoms with E-state index in [4.69, 9.17) is 25.8 Å². The zero-order valence-corrected chi connectivity index (χ0v) is 14.3. The molecule has 1 aliphatic rings. The Bertz CT molecular complexity index is 624. The third-order valence-corrected chi connectivity index (χ3v) is 4.68.